The van der Waals surface area contributed by atoms with Gasteiger partial charge >= 0.3 is 0 Å². The Morgan fingerprint density at radius 3 is 2.71 bits per heavy atom. The SMILES string of the molecule is COCCCNC(=O)CN(C)C(=O)c1cccc(OC)c1. The first-order chi connectivity index (χ1) is 10.1. The number of benzene rings is 1. The summed E-state index contributed by atoms with van der Waals surface area (Å²) >= 11 is 0. The van der Waals surface area contributed by atoms with E-state index < -0.39 is 0 Å². The Bertz CT molecular complexity index is 476. The summed E-state index contributed by atoms with van der Waals surface area (Å²) in [4.78, 5) is 25.3. The standard InChI is InChI=1S/C15H22N2O4/c1-17(11-14(18)16-8-5-9-20-2)15(19)12-6-4-7-13(10-12)21-3/h4,6-7,10H,5,8-9,11H2,1-3H3,(H,16,18). The van der Waals surface area contributed by atoms with Gasteiger partial charge in [-0.1, -0.05) is 6.07 Å². The number of carbonyl (C=O) groups excluding carboxylic acids is 2. The molecule has 6 heteroatoms. The van der Waals surface area contributed by atoms with E-state index in [1.165, 1.54) is 4.90 Å². The lowest BCUT2D eigenvalue weighted by Crippen LogP contribution is -2.38. The molecule has 0 aromatic heterocycles. The molecular weight excluding hydrogens is 272 g/mol. The fourth-order valence-corrected chi connectivity index (χ4v) is 1.76. The average molecular weight is 294 g/mol. The molecule has 2 amide bonds. The highest BCUT2D eigenvalue weighted by Gasteiger charge is 2.15. The number of carbonyl (C=O) groups is 2. The maximum absolute atomic E-state index is 12.2. The van der Waals surface area contributed by atoms with E-state index in [1.54, 1.807) is 45.5 Å². The molecule has 0 saturated carbocycles. The summed E-state index contributed by atoms with van der Waals surface area (Å²) in [6, 6.07) is 6.84. The second-order valence-corrected chi connectivity index (χ2v) is 4.59. The average Bonchev–Trinajstić information content (AvgIpc) is 2.50. The predicted octanol–water partition coefficient (Wildman–Crippen LogP) is 0.920. The van der Waals surface area contributed by atoms with E-state index in [1.807, 2.05) is 0 Å². The Morgan fingerprint density at radius 1 is 1.29 bits per heavy atom. The number of likely N-dealkylation sites (N-methyl/N-ethyl adjacent to an activating group) is 1. The molecule has 0 bridgehead atoms. The van der Waals surface area contributed by atoms with Gasteiger partial charge in [-0.2, -0.15) is 0 Å². The van der Waals surface area contributed by atoms with E-state index >= 15 is 0 Å². The van der Waals surface area contributed by atoms with Crippen molar-refractivity contribution in [2.45, 2.75) is 6.42 Å². The number of rotatable bonds is 8. The van der Waals surface area contributed by atoms with Crippen LogP contribution in [-0.2, 0) is 9.53 Å². The van der Waals surface area contributed by atoms with Crippen LogP contribution in [0.25, 0.3) is 0 Å². The Hall–Kier alpha value is -2.08. The molecule has 0 aliphatic heterocycles. The molecule has 0 atom stereocenters. The molecule has 1 rings (SSSR count). The number of hydrogen-bond acceptors (Lipinski definition) is 4. The van der Waals surface area contributed by atoms with E-state index in [0.717, 1.165) is 6.42 Å². The maximum atomic E-state index is 12.2. The highest BCUT2D eigenvalue weighted by atomic mass is 16.5. The minimum Gasteiger partial charge on any atom is -0.497 e. The number of amides is 2. The molecule has 6 nitrogen and oxygen atoms in total. The summed E-state index contributed by atoms with van der Waals surface area (Å²) in [6.07, 6.45) is 0.746. The number of nitrogens with one attached hydrogen (secondary N) is 1. The third-order valence-corrected chi connectivity index (χ3v) is 2.89. The molecule has 0 radical (unpaired) electrons. The van der Waals surface area contributed by atoms with E-state index in [2.05, 4.69) is 5.32 Å². The van der Waals surface area contributed by atoms with E-state index in [9.17, 15) is 9.59 Å². The lowest BCUT2D eigenvalue weighted by Gasteiger charge is -2.17. The van der Waals surface area contributed by atoms with Crippen LogP contribution >= 0.6 is 0 Å². The third-order valence-electron chi connectivity index (χ3n) is 2.89. The van der Waals surface area contributed by atoms with E-state index in [4.69, 9.17) is 9.47 Å². The van der Waals surface area contributed by atoms with Crippen LogP contribution in [0.3, 0.4) is 0 Å². The molecular formula is C15H22N2O4. The monoisotopic (exact) mass is 294 g/mol. The Balaban J connectivity index is 2.48. The molecule has 116 valence electrons. The molecule has 0 unspecified atom stereocenters. The van der Waals surface area contributed by atoms with Crippen LogP contribution in [0.1, 0.15) is 16.8 Å². The summed E-state index contributed by atoms with van der Waals surface area (Å²) in [5.41, 5.74) is 0.490. The largest absolute Gasteiger partial charge is 0.497 e. The molecule has 0 saturated heterocycles. The first-order valence-electron chi connectivity index (χ1n) is 6.73. The molecule has 0 aliphatic rings. The van der Waals surface area contributed by atoms with Crippen LogP contribution in [0, 0.1) is 0 Å². The van der Waals surface area contributed by atoms with Crippen molar-refractivity contribution >= 4 is 11.8 Å². The highest BCUT2D eigenvalue weighted by molar-refractivity contribution is 5.96. The normalized spacial score (nSPS) is 10.0. The van der Waals surface area contributed by atoms with Gasteiger partial charge in [0.15, 0.2) is 0 Å². The van der Waals surface area contributed by atoms with Gasteiger partial charge in [-0.3, -0.25) is 9.59 Å². The van der Waals surface area contributed by atoms with Crippen LogP contribution in [-0.4, -0.2) is 57.7 Å². The van der Waals surface area contributed by atoms with Crippen molar-refractivity contribution in [2.75, 3.05) is 41.0 Å². The summed E-state index contributed by atoms with van der Waals surface area (Å²) < 4.78 is 9.97. The smallest absolute Gasteiger partial charge is 0.254 e. The number of ether oxygens (including phenoxy) is 2. The molecule has 1 aromatic rings. The van der Waals surface area contributed by atoms with Gasteiger partial charge in [0, 0.05) is 32.9 Å². The van der Waals surface area contributed by atoms with Crippen LogP contribution in [0.5, 0.6) is 5.75 Å². The molecule has 0 heterocycles. The summed E-state index contributed by atoms with van der Waals surface area (Å²) in [7, 11) is 4.75. The van der Waals surface area contributed by atoms with Crippen LogP contribution in [0.2, 0.25) is 0 Å². The van der Waals surface area contributed by atoms with Gasteiger partial charge < -0.3 is 19.7 Å². The molecule has 21 heavy (non-hydrogen) atoms. The van der Waals surface area contributed by atoms with Crippen LogP contribution in [0.15, 0.2) is 24.3 Å². The lowest BCUT2D eigenvalue weighted by atomic mass is 10.2. The zero-order valence-electron chi connectivity index (χ0n) is 12.7. The first kappa shape index (κ1) is 17.0. The maximum Gasteiger partial charge on any atom is 0.254 e. The number of nitrogens with zero attached hydrogens (tertiary/aromatic N) is 1. The van der Waals surface area contributed by atoms with Crippen LogP contribution in [0.4, 0.5) is 0 Å². The van der Waals surface area contributed by atoms with Gasteiger partial charge in [0.25, 0.3) is 5.91 Å². The molecule has 0 fully saturated rings. The molecule has 0 aliphatic carbocycles. The zero-order chi connectivity index (χ0) is 15.7. The Labute approximate surface area is 125 Å². The molecule has 1 N–H and O–H groups in total. The van der Waals surface area contributed by atoms with Gasteiger partial charge in [0.05, 0.1) is 13.7 Å². The first-order valence-corrected chi connectivity index (χ1v) is 6.73. The summed E-state index contributed by atoms with van der Waals surface area (Å²) in [6.45, 7) is 1.15. The molecule has 0 spiro atoms. The van der Waals surface area contributed by atoms with Crippen molar-refractivity contribution < 1.29 is 19.1 Å². The molecule has 1 aromatic carbocycles. The second kappa shape index (κ2) is 8.97. The predicted molar refractivity (Wildman–Crippen MR) is 79.5 cm³/mol. The van der Waals surface area contributed by atoms with Crippen molar-refractivity contribution in [3.8, 4) is 5.75 Å². The van der Waals surface area contributed by atoms with E-state index in [0.29, 0.717) is 24.5 Å². The lowest BCUT2D eigenvalue weighted by molar-refractivity contribution is -0.121. The van der Waals surface area contributed by atoms with Gasteiger partial charge in [-0.15, -0.1) is 0 Å². The Morgan fingerprint density at radius 2 is 2.05 bits per heavy atom. The fourth-order valence-electron chi connectivity index (χ4n) is 1.76. The topological polar surface area (TPSA) is 67.9 Å². The fraction of sp³-hybridized carbons (Fsp3) is 0.467. The Kier molecular flexibility index (Phi) is 7.25. The second-order valence-electron chi connectivity index (χ2n) is 4.59. The summed E-state index contributed by atoms with van der Waals surface area (Å²) in [5, 5.41) is 2.74. The van der Waals surface area contributed by atoms with Gasteiger partial charge in [-0.25, -0.2) is 0 Å². The zero-order valence-corrected chi connectivity index (χ0v) is 12.7. The van der Waals surface area contributed by atoms with Crippen molar-refractivity contribution in [2.24, 2.45) is 0 Å². The van der Waals surface area contributed by atoms with Crippen molar-refractivity contribution in [3.05, 3.63) is 29.8 Å². The minimum atomic E-state index is -0.221. The summed E-state index contributed by atoms with van der Waals surface area (Å²) in [5.74, 6) is 0.198. The van der Waals surface area contributed by atoms with Gasteiger partial charge in [0.1, 0.15) is 5.75 Å². The highest BCUT2D eigenvalue weighted by Crippen LogP contribution is 2.13. The minimum absolute atomic E-state index is 0.0169. The number of hydrogen-bond donors (Lipinski definition) is 1. The van der Waals surface area contributed by atoms with Crippen molar-refractivity contribution in [1.82, 2.24) is 10.2 Å². The van der Waals surface area contributed by atoms with Crippen molar-refractivity contribution in [3.63, 3.8) is 0 Å². The third kappa shape index (κ3) is 5.83. The quantitative estimate of drug-likeness (QED) is 0.724. The van der Waals surface area contributed by atoms with Crippen LogP contribution < -0.4 is 10.1 Å². The van der Waals surface area contributed by atoms with Gasteiger partial charge in [-0.05, 0) is 24.6 Å². The van der Waals surface area contributed by atoms with Gasteiger partial charge in [0.2, 0.25) is 5.91 Å². The van der Waals surface area contributed by atoms with Crippen molar-refractivity contribution in [1.29, 1.82) is 0 Å². The van der Waals surface area contributed by atoms with E-state index in [-0.39, 0.29) is 18.4 Å². The number of methoxy groups -OCH3 is 2.